The molecular formula is C8H18N2OSi. The van der Waals surface area contributed by atoms with Crippen molar-refractivity contribution in [2.24, 2.45) is 0 Å². The smallest absolute Gasteiger partial charge is 0.238 e. The Hall–Kier alpha value is -0.353. The van der Waals surface area contributed by atoms with Gasteiger partial charge in [0, 0.05) is 14.1 Å². The Morgan fingerprint density at radius 1 is 1.50 bits per heavy atom. The summed E-state index contributed by atoms with van der Waals surface area (Å²) in [5, 5.41) is 3.30. The van der Waals surface area contributed by atoms with Gasteiger partial charge in [-0.05, 0) is 12.2 Å². The van der Waals surface area contributed by atoms with Crippen molar-refractivity contribution in [1.82, 2.24) is 10.2 Å². The minimum absolute atomic E-state index is 0.0988. The summed E-state index contributed by atoms with van der Waals surface area (Å²) >= 11 is 0. The lowest BCUT2D eigenvalue weighted by Gasteiger charge is -2.17. The molecule has 0 aromatic rings. The molecule has 0 radical (unpaired) electrons. The molecule has 1 fully saturated rings. The van der Waals surface area contributed by atoms with E-state index in [4.69, 9.17) is 0 Å². The zero-order valence-corrected chi connectivity index (χ0v) is 9.35. The van der Waals surface area contributed by atoms with Crippen molar-refractivity contribution < 1.29 is 4.79 Å². The van der Waals surface area contributed by atoms with Crippen molar-refractivity contribution in [2.45, 2.75) is 25.2 Å². The molecule has 0 bridgehead atoms. The molecule has 0 aromatic carbocycles. The monoisotopic (exact) mass is 186 g/mol. The molecule has 12 heavy (non-hydrogen) atoms. The van der Waals surface area contributed by atoms with Gasteiger partial charge in [0.1, 0.15) is 0 Å². The second kappa shape index (κ2) is 3.18. The average Bonchev–Trinajstić information content (AvgIpc) is 2.28. The van der Waals surface area contributed by atoms with Crippen LogP contribution in [0.25, 0.3) is 0 Å². The lowest BCUT2D eigenvalue weighted by Crippen LogP contribution is -2.39. The fraction of sp³-hybridized carbons (Fsp3) is 0.875. The molecule has 1 amide bonds. The molecule has 1 heterocycles. The maximum atomic E-state index is 11.5. The number of nitrogens with one attached hydrogen (secondary N) is 1. The van der Waals surface area contributed by atoms with Gasteiger partial charge in [-0.2, -0.15) is 0 Å². The summed E-state index contributed by atoms with van der Waals surface area (Å²) in [6.45, 7) is 4.64. The highest BCUT2D eigenvalue weighted by Gasteiger charge is 2.36. The van der Waals surface area contributed by atoms with Crippen molar-refractivity contribution in [3.05, 3.63) is 0 Å². The van der Waals surface area contributed by atoms with Crippen LogP contribution >= 0.6 is 0 Å². The summed E-state index contributed by atoms with van der Waals surface area (Å²) in [5.74, 6) is 0.230. The van der Waals surface area contributed by atoms with Gasteiger partial charge in [-0.1, -0.05) is 13.1 Å². The van der Waals surface area contributed by atoms with Crippen LogP contribution in [0, 0.1) is 0 Å². The number of carbonyl (C=O) groups excluding carboxylic acids is 1. The predicted octanol–water partition coefficient (Wildman–Crippen LogP) is 0.294. The van der Waals surface area contributed by atoms with Gasteiger partial charge in [-0.15, -0.1) is 0 Å². The molecule has 1 unspecified atom stereocenters. The molecule has 1 aliphatic heterocycles. The number of carbonyl (C=O) groups is 1. The van der Waals surface area contributed by atoms with Crippen LogP contribution in [0.3, 0.4) is 0 Å². The second-order valence-electron chi connectivity index (χ2n) is 4.53. The van der Waals surface area contributed by atoms with Gasteiger partial charge in [-0.25, -0.2) is 0 Å². The zero-order chi connectivity index (χ0) is 9.35. The first-order chi connectivity index (χ1) is 5.42. The molecule has 0 saturated carbocycles. The van der Waals surface area contributed by atoms with Crippen LogP contribution in [0.4, 0.5) is 0 Å². The summed E-state index contributed by atoms with van der Waals surface area (Å²) in [6.07, 6.45) is 1.08. The fourth-order valence-corrected chi connectivity index (χ4v) is 3.95. The Morgan fingerprint density at radius 2 is 2.08 bits per heavy atom. The van der Waals surface area contributed by atoms with Crippen LogP contribution in [-0.4, -0.2) is 45.2 Å². The third-order valence-corrected chi connectivity index (χ3v) is 5.00. The van der Waals surface area contributed by atoms with Crippen molar-refractivity contribution in [1.29, 1.82) is 0 Å². The van der Waals surface area contributed by atoms with Gasteiger partial charge < -0.3 is 10.2 Å². The lowest BCUT2D eigenvalue weighted by atomic mass is 10.3. The summed E-state index contributed by atoms with van der Waals surface area (Å²) in [7, 11) is 2.56. The summed E-state index contributed by atoms with van der Waals surface area (Å²) in [6, 6.07) is 1.19. The van der Waals surface area contributed by atoms with Crippen molar-refractivity contribution in [3.63, 3.8) is 0 Å². The molecule has 1 atom stereocenters. The fourth-order valence-electron chi connectivity index (χ4n) is 1.58. The van der Waals surface area contributed by atoms with E-state index in [9.17, 15) is 4.79 Å². The zero-order valence-electron chi connectivity index (χ0n) is 8.35. The molecule has 1 N–H and O–H groups in total. The van der Waals surface area contributed by atoms with E-state index in [1.807, 2.05) is 14.1 Å². The number of amides is 1. The standard InChI is InChI=1S/C8H18N2OSi/c1-10(2)8(11)7-5-12(3,4)6-9-7/h7,9H,5-6H2,1-4H3. The van der Waals surface area contributed by atoms with Crippen molar-refractivity contribution in [3.8, 4) is 0 Å². The van der Waals surface area contributed by atoms with E-state index < -0.39 is 8.07 Å². The first-order valence-electron chi connectivity index (χ1n) is 4.37. The summed E-state index contributed by atoms with van der Waals surface area (Å²) < 4.78 is 0. The first-order valence-corrected chi connectivity index (χ1v) is 7.78. The average molecular weight is 186 g/mol. The third kappa shape index (κ3) is 2.07. The first kappa shape index (κ1) is 9.73. The molecule has 4 heteroatoms. The summed E-state index contributed by atoms with van der Waals surface area (Å²) in [4.78, 5) is 13.2. The van der Waals surface area contributed by atoms with Crippen LogP contribution in [0.15, 0.2) is 0 Å². The van der Waals surface area contributed by atoms with Crippen LogP contribution < -0.4 is 5.32 Å². The second-order valence-corrected chi connectivity index (χ2v) is 9.62. The van der Waals surface area contributed by atoms with Crippen LogP contribution in [0.1, 0.15) is 0 Å². The SMILES string of the molecule is CN(C)C(=O)C1C[Si](C)(C)CN1. The minimum Gasteiger partial charge on any atom is -0.347 e. The number of rotatable bonds is 1. The van der Waals surface area contributed by atoms with Gasteiger partial charge in [0.05, 0.1) is 14.1 Å². The van der Waals surface area contributed by atoms with Gasteiger partial charge in [0.25, 0.3) is 0 Å². The third-order valence-electron chi connectivity index (χ3n) is 2.32. The largest absolute Gasteiger partial charge is 0.347 e. The molecule has 0 spiro atoms. The Kier molecular flexibility index (Phi) is 2.58. The van der Waals surface area contributed by atoms with Crippen LogP contribution in [0.5, 0.6) is 0 Å². The predicted molar refractivity (Wildman–Crippen MR) is 52.8 cm³/mol. The van der Waals surface area contributed by atoms with E-state index in [0.29, 0.717) is 0 Å². The number of hydrogen-bond donors (Lipinski definition) is 1. The topological polar surface area (TPSA) is 32.3 Å². The lowest BCUT2D eigenvalue weighted by molar-refractivity contribution is -0.130. The Bertz CT molecular complexity index is 191. The maximum Gasteiger partial charge on any atom is 0.238 e. The van der Waals surface area contributed by atoms with Crippen molar-refractivity contribution in [2.75, 3.05) is 20.3 Å². The molecule has 0 aromatic heterocycles. The minimum atomic E-state index is -1.07. The van der Waals surface area contributed by atoms with Gasteiger partial charge in [0.15, 0.2) is 0 Å². The van der Waals surface area contributed by atoms with Crippen LogP contribution in [-0.2, 0) is 4.79 Å². The molecule has 1 aliphatic rings. The Morgan fingerprint density at radius 3 is 2.42 bits per heavy atom. The van der Waals surface area contributed by atoms with Gasteiger partial charge in [-0.3, -0.25) is 4.79 Å². The molecule has 1 saturated heterocycles. The highest BCUT2D eigenvalue weighted by molar-refractivity contribution is 6.78. The van der Waals surface area contributed by atoms with E-state index in [1.54, 1.807) is 4.90 Å². The van der Waals surface area contributed by atoms with E-state index >= 15 is 0 Å². The van der Waals surface area contributed by atoms with E-state index in [0.717, 1.165) is 12.2 Å². The Balaban J connectivity index is 2.53. The molecular weight excluding hydrogens is 168 g/mol. The highest BCUT2D eigenvalue weighted by Crippen LogP contribution is 2.18. The number of hydrogen-bond acceptors (Lipinski definition) is 2. The quantitative estimate of drug-likeness (QED) is 0.597. The number of nitrogens with zero attached hydrogens (tertiary/aromatic N) is 1. The molecule has 70 valence electrons. The summed E-state index contributed by atoms with van der Waals surface area (Å²) in [5.41, 5.74) is 0. The highest BCUT2D eigenvalue weighted by atomic mass is 28.3. The molecule has 1 rings (SSSR count). The van der Waals surface area contributed by atoms with E-state index in [2.05, 4.69) is 18.4 Å². The molecule has 0 aliphatic carbocycles. The van der Waals surface area contributed by atoms with Gasteiger partial charge in [0.2, 0.25) is 5.91 Å². The van der Waals surface area contributed by atoms with E-state index in [-0.39, 0.29) is 11.9 Å². The normalized spacial score (nSPS) is 27.2. The molecule has 3 nitrogen and oxygen atoms in total. The van der Waals surface area contributed by atoms with E-state index in [1.165, 1.54) is 0 Å². The van der Waals surface area contributed by atoms with Crippen LogP contribution in [0.2, 0.25) is 19.1 Å². The maximum absolute atomic E-state index is 11.5. The number of likely N-dealkylation sites (N-methyl/N-ethyl adjacent to an activating group) is 1. The van der Waals surface area contributed by atoms with Gasteiger partial charge >= 0.3 is 0 Å². The van der Waals surface area contributed by atoms with Crippen molar-refractivity contribution >= 4 is 14.0 Å². The Labute approximate surface area is 75.1 Å².